The molecule has 1 rings (SSSR count). The Bertz CT molecular complexity index is 391. The van der Waals surface area contributed by atoms with Crippen LogP contribution in [0.3, 0.4) is 0 Å². The molecule has 0 saturated heterocycles. The van der Waals surface area contributed by atoms with Gasteiger partial charge < -0.3 is 5.11 Å². The van der Waals surface area contributed by atoms with E-state index in [0.29, 0.717) is 0 Å². The van der Waals surface area contributed by atoms with Crippen molar-refractivity contribution in [2.75, 3.05) is 0 Å². The van der Waals surface area contributed by atoms with Crippen LogP contribution in [0.4, 0.5) is 0 Å². The fourth-order valence-electron chi connectivity index (χ4n) is 1.19. The first-order chi connectivity index (χ1) is 6.43. The van der Waals surface area contributed by atoms with Crippen LogP contribution < -0.4 is 0 Å². The van der Waals surface area contributed by atoms with Crippen LogP contribution in [-0.2, 0) is 11.3 Å². The number of rotatable bonds is 3. The van der Waals surface area contributed by atoms with Gasteiger partial charge in [-0.15, -0.1) is 0 Å². The highest BCUT2D eigenvalue weighted by Gasteiger charge is 2.10. The van der Waals surface area contributed by atoms with Crippen LogP contribution in [0, 0.1) is 20.8 Å². The van der Waals surface area contributed by atoms with Gasteiger partial charge in [0.25, 0.3) is 0 Å². The number of aliphatic carboxylic acids is 1. The minimum atomic E-state index is -0.977. The molecular weight excluding hydrogens is 180 g/mol. The molecule has 0 bridgehead atoms. The minimum Gasteiger partial charge on any atom is -0.478 e. The second-order valence-electron chi connectivity index (χ2n) is 3.36. The number of aryl methyl sites for hydroxylation is 1. The molecule has 0 unspecified atom stereocenters. The first kappa shape index (κ1) is 10.5. The van der Waals surface area contributed by atoms with Gasteiger partial charge in [-0.1, -0.05) is 6.58 Å². The molecule has 0 spiro atoms. The largest absolute Gasteiger partial charge is 0.478 e. The van der Waals surface area contributed by atoms with E-state index >= 15 is 0 Å². The molecular formula is C10H14N2O2. The van der Waals surface area contributed by atoms with Crippen LogP contribution in [-0.4, -0.2) is 20.9 Å². The van der Waals surface area contributed by atoms with Gasteiger partial charge in [-0.2, -0.15) is 5.10 Å². The highest BCUT2D eigenvalue weighted by atomic mass is 16.4. The highest BCUT2D eigenvalue weighted by molar-refractivity contribution is 5.85. The van der Waals surface area contributed by atoms with E-state index in [4.69, 9.17) is 5.11 Å². The Hall–Kier alpha value is -1.58. The average Bonchev–Trinajstić information content (AvgIpc) is 2.33. The van der Waals surface area contributed by atoms with E-state index in [2.05, 4.69) is 11.7 Å². The van der Waals surface area contributed by atoms with E-state index < -0.39 is 5.97 Å². The molecule has 76 valence electrons. The molecule has 1 N–H and O–H groups in total. The molecule has 0 fully saturated rings. The summed E-state index contributed by atoms with van der Waals surface area (Å²) in [6.07, 6.45) is 0. The third-order valence-corrected chi connectivity index (χ3v) is 2.39. The molecule has 0 amide bonds. The molecule has 0 radical (unpaired) electrons. The molecule has 0 aliphatic rings. The molecule has 4 nitrogen and oxygen atoms in total. The Morgan fingerprint density at radius 1 is 1.50 bits per heavy atom. The van der Waals surface area contributed by atoms with E-state index in [1.807, 2.05) is 20.8 Å². The lowest BCUT2D eigenvalue weighted by Gasteiger charge is -2.03. The Balaban J connectivity index is 2.93. The van der Waals surface area contributed by atoms with Crippen molar-refractivity contribution in [3.63, 3.8) is 0 Å². The van der Waals surface area contributed by atoms with Crippen molar-refractivity contribution in [3.05, 3.63) is 29.1 Å². The van der Waals surface area contributed by atoms with Crippen LogP contribution in [0.1, 0.15) is 17.0 Å². The van der Waals surface area contributed by atoms with Crippen molar-refractivity contribution in [2.24, 2.45) is 0 Å². The summed E-state index contributed by atoms with van der Waals surface area (Å²) >= 11 is 0. The molecule has 0 atom stereocenters. The SMILES string of the molecule is C=C(Cn1nc(C)c(C)c1C)C(=O)O. The van der Waals surface area contributed by atoms with Gasteiger partial charge in [-0.25, -0.2) is 4.79 Å². The van der Waals surface area contributed by atoms with E-state index in [1.54, 1.807) is 4.68 Å². The van der Waals surface area contributed by atoms with Gasteiger partial charge in [0, 0.05) is 5.69 Å². The number of hydrogen-bond acceptors (Lipinski definition) is 2. The van der Waals surface area contributed by atoms with Gasteiger partial charge in [-0.3, -0.25) is 4.68 Å². The predicted octanol–water partition coefficient (Wildman–Crippen LogP) is 1.45. The summed E-state index contributed by atoms with van der Waals surface area (Å²) in [7, 11) is 0. The van der Waals surface area contributed by atoms with Crippen LogP contribution in [0.15, 0.2) is 12.2 Å². The summed E-state index contributed by atoms with van der Waals surface area (Å²) in [5, 5.41) is 12.9. The summed E-state index contributed by atoms with van der Waals surface area (Å²) in [5.41, 5.74) is 3.17. The Morgan fingerprint density at radius 3 is 2.43 bits per heavy atom. The number of hydrogen-bond donors (Lipinski definition) is 1. The summed E-state index contributed by atoms with van der Waals surface area (Å²) < 4.78 is 1.67. The highest BCUT2D eigenvalue weighted by Crippen LogP contribution is 2.12. The Kier molecular flexibility index (Phi) is 2.74. The number of aromatic nitrogens is 2. The smallest absolute Gasteiger partial charge is 0.332 e. The second-order valence-corrected chi connectivity index (χ2v) is 3.36. The maximum Gasteiger partial charge on any atom is 0.332 e. The Morgan fingerprint density at radius 2 is 2.07 bits per heavy atom. The van der Waals surface area contributed by atoms with E-state index in [-0.39, 0.29) is 12.1 Å². The number of carboxylic acids is 1. The van der Waals surface area contributed by atoms with Gasteiger partial charge in [0.1, 0.15) is 0 Å². The Labute approximate surface area is 82.9 Å². The lowest BCUT2D eigenvalue weighted by atomic mass is 10.2. The standard InChI is InChI=1S/C10H14N2O2/c1-6(10(13)14)5-12-9(4)7(2)8(3)11-12/h1,5H2,2-4H3,(H,13,14). The number of carboxylic acid groups (broad SMARTS) is 1. The predicted molar refractivity (Wildman–Crippen MR) is 53.2 cm³/mol. The quantitative estimate of drug-likeness (QED) is 0.741. The second kappa shape index (κ2) is 3.65. The average molecular weight is 194 g/mol. The number of carbonyl (C=O) groups is 1. The fraction of sp³-hybridized carbons (Fsp3) is 0.400. The van der Waals surface area contributed by atoms with Gasteiger partial charge in [0.2, 0.25) is 0 Å². The summed E-state index contributed by atoms with van der Waals surface area (Å²) in [6, 6.07) is 0. The zero-order valence-corrected chi connectivity index (χ0v) is 8.66. The van der Waals surface area contributed by atoms with Crippen LogP contribution in [0.25, 0.3) is 0 Å². The summed E-state index contributed by atoms with van der Waals surface area (Å²) in [6.45, 7) is 9.51. The van der Waals surface area contributed by atoms with Crippen molar-refractivity contribution in [1.82, 2.24) is 9.78 Å². The first-order valence-corrected chi connectivity index (χ1v) is 4.35. The molecule has 14 heavy (non-hydrogen) atoms. The molecule has 0 aliphatic carbocycles. The maximum atomic E-state index is 10.6. The maximum absolute atomic E-state index is 10.6. The topological polar surface area (TPSA) is 55.1 Å². The van der Waals surface area contributed by atoms with Crippen LogP contribution >= 0.6 is 0 Å². The van der Waals surface area contributed by atoms with Crippen molar-refractivity contribution < 1.29 is 9.90 Å². The van der Waals surface area contributed by atoms with Gasteiger partial charge >= 0.3 is 5.97 Å². The monoisotopic (exact) mass is 194 g/mol. The van der Waals surface area contributed by atoms with Gasteiger partial charge in [0.05, 0.1) is 17.8 Å². The third-order valence-electron chi connectivity index (χ3n) is 2.39. The van der Waals surface area contributed by atoms with E-state index in [0.717, 1.165) is 17.0 Å². The fourth-order valence-corrected chi connectivity index (χ4v) is 1.19. The molecule has 1 aromatic heterocycles. The summed E-state index contributed by atoms with van der Waals surface area (Å²) in [4.78, 5) is 10.6. The molecule has 4 heteroatoms. The van der Waals surface area contributed by atoms with E-state index in [9.17, 15) is 4.79 Å². The first-order valence-electron chi connectivity index (χ1n) is 4.35. The van der Waals surface area contributed by atoms with Crippen molar-refractivity contribution in [1.29, 1.82) is 0 Å². The molecule has 0 aliphatic heterocycles. The van der Waals surface area contributed by atoms with Gasteiger partial charge in [0.15, 0.2) is 0 Å². The van der Waals surface area contributed by atoms with Gasteiger partial charge in [-0.05, 0) is 26.3 Å². The molecule has 0 aromatic carbocycles. The lowest BCUT2D eigenvalue weighted by Crippen LogP contribution is -2.10. The normalized spacial score (nSPS) is 10.2. The molecule has 1 heterocycles. The minimum absolute atomic E-state index is 0.149. The van der Waals surface area contributed by atoms with Crippen LogP contribution in [0.2, 0.25) is 0 Å². The molecule has 0 saturated carbocycles. The molecule has 1 aromatic rings. The third kappa shape index (κ3) is 1.84. The lowest BCUT2D eigenvalue weighted by molar-refractivity contribution is -0.132. The zero-order chi connectivity index (χ0) is 10.9. The van der Waals surface area contributed by atoms with Crippen molar-refractivity contribution in [2.45, 2.75) is 27.3 Å². The summed E-state index contributed by atoms with van der Waals surface area (Å²) in [5.74, 6) is -0.977. The zero-order valence-electron chi connectivity index (χ0n) is 8.66. The van der Waals surface area contributed by atoms with Crippen molar-refractivity contribution in [3.8, 4) is 0 Å². The van der Waals surface area contributed by atoms with E-state index in [1.165, 1.54) is 0 Å². The number of nitrogens with zero attached hydrogens (tertiary/aromatic N) is 2. The van der Waals surface area contributed by atoms with Crippen LogP contribution in [0.5, 0.6) is 0 Å². The van der Waals surface area contributed by atoms with Crippen molar-refractivity contribution >= 4 is 5.97 Å².